The summed E-state index contributed by atoms with van der Waals surface area (Å²) in [5.41, 5.74) is 0. The smallest absolute Gasteiger partial charge is 0.327 e. The first-order valence-electron chi connectivity index (χ1n) is 6.07. The Morgan fingerprint density at radius 3 is 2.65 bits per heavy atom. The highest BCUT2D eigenvalue weighted by Gasteiger charge is 2.38. The molecule has 110 valence electrons. The van der Waals surface area contributed by atoms with Gasteiger partial charge in [0.05, 0.1) is 0 Å². The zero-order valence-corrected chi connectivity index (χ0v) is 11.8. The number of rotatable bonds is 3. The van der Waals surface area contributed by atoms with E-state index in [1.165, 1.54) is 28.6 Å². The van der Waals surface area contributed by atoms with E-state index in [1.807, 2.05) is 0 Å². The van der Waals surface area contributed by atoms with E-state index in [2.05, 4.69) is 0 Å². The molecule has 2 fully saturated rings. The topological polar surface area (TPSA) is 98.2 Å². The number of carboxylic acid groups (broad SMARTS) is 1. The summed E-state index contributed by atoms with van der Waals surface area (Å²) in [6.07, 6.45) is 0. The lowest BCUT2D eigenvalue weighted by molar-refractivity contribution is -0.149. The highest BCUT2D eigenvalue weighted by atomic mass is 32.2. The second kappa shape index (κ2) is 5.70. The molecule has 0 saturated carbocycles. The van der Waals surface area contributed by atoms with Crippen LogP contribution in [0.4, 0.5) is 4.79 Å². The Hall–Kier alpha value is -1.77. The van der Waals surface area contributed by atoms with Crippen LogP contribution in [-0.4, -0.2) is 87.9 Å². The van der Waals surface area contributed by atoms with Crippen LogP contribution in [0.25, 0.3) is 0 Å². The van der Waals surface area contributed by atoms with E-state index in [1.54, 1.807) is 0 Å². The Morgan fingerprint density at radius 1 is 1.40 bits per heavy atom. The number of nitrogens with zero attached hydrogens (tertiary/aromatic N) is 3. The maximum atomic E-state index is 12.2. The third-order valence-corrected chi connectivity index (χ3v) is 4.28. The Kier molecular flexibility index (Phi) is 4.17. The molecule has 2 heterocycles. The number of hydrogen-bond donors (Lipinski definition) is 1. The number of carboxylic acids is 1. The first kappa shape index (κ1) is 14.6. The van der Waals surface area contributed by atoms with Gasteiger partial charge in [0.1, 0.15) is 19.1 Å². The van der Waals surface area contributed by atoms with E-state index in [0.29, 0.717) is 18.1 Å². The van der Waals surface area contributed by atoms with Crippen LogP contribution in [0.2, 0.25) is 0 Å². The Bertz CT molecular complexity index is 469. The van der Waals surface area contributed by atoms with Crippen LogP contribution in [0.1, 0.15) is 0 Å². The number of aliphatic carboxylic acids is 1. The zero-order valence-electron chi connectivity index (χ0n) is 10.9. The van der Waals surface area contributed by atoms with Crippen LogP contribution in [0.15, 0.2) is 0 Å². The molecule has 0 aromatic rings. The molecule has 2 rings (SSSR count). The molecule has 0 aliphatic carbocycles. The fraction of sp³-hybridized carbons (Fsp3) is 0.636. The summed E-state index contributed by atoms with van der Waals surface area (Å²) < 4.78 is 0. The van der Waals surface area contributed by atoms with Crippen molar-refractivity contribution in [1.29, 1.82) is 0 Å². The van der Waals surface area contributed by atoms with Crippen LogP contribution in [0.5, 0.6) is 0 Å². The molecule has 2 aliphatic heterocycles. The minimum atomic E-state index is -1.07. The van der Waals surface area contributed by atoms with Gasteiger partial charge in [-0.2, -0.15) is 11.8 Å². The first-order valence-corrected chi connectivity index (χ1v) is 7.22. The summed E-state index contributed by atoms with van der Waals surface area (Å²) in [5.74, 6) is -1.04. The third-order valence-electron chi connectivity index (χ3n) is 3.26. The molecule has 1 unspecified atom stereocenters. The SMILES string of the molecule is CN1CC(=O)N(CC(=O)N2CCSCC2C(=O)O)C1=O. The fourth-order valence-corrected chi connectivity index (χ4v) is 3.20. The van der Waals surface area contributed by atoms with Crippen LogP contribution in [0, 0.1) is 0 Å². The van der Waals surface area contributed by atoms with Gasteiger partial charge in [-0.1, -0.05) is 0 Å². The number of hydrogen-bond acceptors (Lipinski definition) is 5. The summed E-state index contributed by atoms with van der Waals surface area (Å²) in [4.78, 5) is 49.9. The van der Waals surface area contributed by atoms with Gasteiger partial charge in [0.2, 0.25) is 5.91 Å². The molecular weight excluding hydrogens is 286 g/mol. The van der Waals surface area contributed by atoms with Gasteiger partial charge in [0.25, 0.3) is 5.91 Å². The van der Waals surface area contributed by atoms with Gasteiger partial charge in [-0.25, -0.2) is 9.59 Å². The Morgan fingerprint density at radius 2 is 2.10 bits per heavy atom. The molecule has 0 spiro atoms. The van der Waals surface area contributed by atoms with Crippen molar-refractivity contribution < 1.29 is 24.3 Å². The maximum Gasteiger partial charge on any atom is 0.327 e. The molecule has 2 aliphatic rings. The molecule has 20 heavy (non-hydrogen) atoms. The number of urea groups is 1. The van der Waals surface area contributed by atoms with Gasteiger partial charge in [-0.3, -0.25) is 14.5 Å². The first-order chi connectivity index (χ1) is 9.41. The van der Waals surface area contributed by atoms with E-state index in [-0.39, 0.29) is 6.54 Å². The predicted octanol–water partition coefficient (Wildman–Crippen LogP) is -1.09. The normalized spacial score (nSPS) is 23.4. The van der Waals surface area contributed by atoms with Crippen molar-refractivity contribution >= 4 is 35.6 Å². The molecule has 1 atom stereocenters. The van der Waals surface area contributed by atoms with Gasteiger partial charge in [-0.15, -0.1) is 0 Å². The summed E-state index contributed by atoms with van der Waals surface area (Å²) in [6.45, 7) is -0.132. The third kappa shape index (κ3) is 2.72. The quantitative estimate of drug-likeness (QED) is 0.665. The summed E-state index contributed by atoms with van der Waals surface area (Å²) in [5, 5.41) is 9.10. The number of thioether (sulfide) groups is 1. The van der Waals surface area contributed by atoms with E-state index in [0.717, 1.165) is 4.90 Å². The Balaban J connectivity index is 2.05. The van der Waals surface area contributed by atoms with Crippen LogP contribution in [-0.2, 0) is 14.4 Å². The number of amides is 4. The molecule has 1 N–H and O–H groups in total. The maximum absolute atomic E-state index is 12.2. The van der Waals surface area contributed by atoms with Crippen molar-refractivity contribution in [3.8, 4) is 0 Å². The van der Waals surface area contributed by atoms with Crippen molar-refractivity contribution in [3.63, 3.8) is 0 Å². The van der Waals surface area contributed by atoms with Crippen molar-refractivity contribution in [2.45, 2.75) is 6.04 Å². The van der Waals surface area contributed by atoms with Gasteiger partial charge in [-0.05, 0) is 0 Å². The number of likely N-dealkylation sites (N-methyl/N-ethyl adjacent to an activating group) is 1. The average Bonchev–Trinajstić information content (AvgIpc) is 2.65. The van der Waals surface area contributed by atoms with Crippen molar-refractivity contribution in [1.82, 2.24) is 14.7 Å². The summed E-state index contributed by atoms with van der Waals surface area (Å²) in [6, 6.07) is -1.42. The molecule has 0 aromatic heterocycles. The molecule has 8 nitrogen and oxygen atoms in total. The highest BCUT2D eigenvalue weighted by molar-refractivity contribution is 7.99. The van der Waals surface area contributed by atoms with Crippen molar-refractivity contribution in [2.24, 2.45) is 0 Å². The van der Waals surface area contributed by atoms with Crippen LogP contribution in [0.3, 0.4) is 0 Å². The van der Waals surface area contributed by atoms with Crippen molar-refractivity contribution in [3.05, 3.63) is 0 Å². The minimum Gasteiger partial charge on any atom is -0.480 e. The fourth-order valence-electron chi connectivity index (χ4n) is 2.16. The van der Waals surface area contributed by atoms with Crippen molar-refractivity contribution in [2.75, 3.05) is 38.2 Å². The predicted molar refractivity (Wildman–Crippen MR) is 70.2 cm³/mol. The zero-order chi connectivity index (χ0) is 14.9. The standard InChI is InChI=1S/C11H15N3O5S/c1-12-4-8(15)14(11(12)19)5-9(16)13-2-3-20-6-7(13)10(17)18/h7H,2-6H2,1H3,(H,17,18). The number of imide groups is 1. The average molecular weight is 301 g/mol. The minimum absolute atomic E-state index is 0.0513. The monoisotopic (exact) mass is 301 g/mol. The molecule has 9 heteroatoms. The largest absolute Gasteiger partial charge is 0.480 e. The van der Waals surface area contributed by atoms with Crippen LogP contribution >= 0.6 is 11.8 Å². The van der Waals surface area contributed by atoms with Gasteiger partial charge < -0.3 is 14.9 Å². The Labute approximate surface area is 119 Å². The lowest BCUT2D eigenvalue weighted by atomic mass is 10.2. The van der Waals surface area contributed by atoms with E-state index < -0.39 is 36.4 Å². The lowest BCUT2D eigenvalue weighted by Crippen LogP contribution is -2.53. The van der Waals surface area contributed by atoms with Gasteiger partial charge >= 0.3 is 12.0 Å². The van der Waals surface area contributed by atoms with Gasteiger partial charge in [0.15, 0.2) is 0 Å². The van der Waals surface area contributed by atoms with Crippen LogP contribution < -0.4 is 0 Å². The molecule has 4 amide bonds. The molecular formula is C11H15N3O5S. The molecule has 2 saturated heterocycles. The molecule has 0 radical (unpaired) electrons. The summed E-state index contributed by atoms with van der Waals surface area (Å²) >= 11 is 1.47. The lowest BCUT2D eigenvalue weighted by Gasteiger charge is -2.33. The van der Waals surface area contributed by atoms with E-state index in [9.17, 15) is 19.2 Å². The van der Waals surface area contributed by atoms with Gasteiger partial charge in [0, 0.05) is 25.1 Å². The second-order valence-corrected chi connectivity index (χ2v) is 5.78. The second-order valence-electron chi connectivity index (χ2n) is 4.63. The van der Waals surface area contributed by atoms with E-state index in [4.69, 9.17) is 5.11 Å². The number of carbonyl (C=O) groups excluding carboxylic acids is 3. The molecule has 0 bridgehead atoms. The van der Waals surface area contributed by atoms with E-state index >= 15 is 0 Å². The number of carbonyl (C=O) groups is 4. The summed E-state index contributed by atoms with van der Waals surface area (Å²) in [7, 11) is 1.47. The highest BCUT2D eigenvalue weighted by Crippen LogP contribution is 2.18. The molecule has 0 aromatic carbocycles.